The summed E-state index contributed by atoms with van der Waals surface area (Å²) in [7, 11) is -1.99. The van der Waals surface area contributed by atoms with E-state index in [-0.39, 0.29) is 10.9 Å². The third-order valence-electron chi connectivity index (χ3n) is 2.69. The quantitative estimate of drug-likeness (QED) is 0.717. The Morgan fingerprint density at radius 2 is 2.00 bits per heavy atom. The smallest absolute Gasteiger partial charge is 0.244 e. The maximum Gasteiger partial charge on any atom is 0.244 e. The Balaban J connectivity index is 3.24. The predicted octanol–water partition coefficient (Wildman–Crippen LogP) is 3.26. The first-order valence-corrected chi connectivity index (χ1v) is 8.83. The van der Waals surface area contributed by atoms with Gasteiger partial charge in [0, 0.05) is 28.6 Å². The second-order valence-corrected chi connectivity index (χ2v) is 7.72. The van der Waals surface area contributed by atoms with Gasteiger partial charge in [-0.1, -0.05) is 22.9 Å². The largest absolute Gasteiger partial charge is 0.383 e. The van der Waals surface area contributed by atoms with Crippen molar-refractivity contribution in [2.75, 3.05) is 20.3 Å². The zero-order valence-corrected chi connectivity index (χ0v) is 15.0. The van der Waals surface area contributed by atoms with Gasteiger partial charge in [-0.2, -0.15) is 4.31 Å². The van der Waals surface area contributed by atoms with Crippen LogP contribution in [0, 0.1) is 0 Å². The molecule has 1 unspecified atom stereocenters. The molecule has 0 aliphatic rings. The minimum atomic E-state index is -3.55. The first-order valence-electron chi connectivity index (χ1n) is 5.80. The van der Waals surface area contributed by atoms with E-state index >= 15 is 0 Å². The highest BCUT2D eigenvalue weighted by Gasteiger charge is 2.29. The standard InChI is InChI=1S/C12H17Br2NO3S/c1-4-15(9(2)8-18-3)19(16,17)12-7-10(13)5-6-11(12)14/h5-7,9H,4,8H2,1-3H3. The van der Waals surface area contributed by atoms with Gasteiger partial charge in [-0.25, -0.2) is 8.42 Å². The number of hydrogen-bond donors (Lipinski definition) is 0. The number of ether oxygens (including phenoxy) is 1. The average molecular weight is 415 g/mol. The molecule has 0 heterocycles. The molecule has 7 heteroatoms. The first-order chi connectivity index (χ1) is 8.84. The van der Waals surface area contributed by atoms with Gasteiger partial charge in [0.1, 0.15) is 0 Å². The molecule has 1 atom stereocenters. The van der Waals surface area contributed by atoms with Gasteiger partial charge in [0.15, 0.2) is 0 Å². The molecule has 0 aromatic heterocycles. The Kier molecular flexibility index (Phi) is 6.46. The zero-order chi connectivity index (χ0) is 14.6. The molecule has 1 aromatic carbocycles. The summed E-state index contributed by atoms with van der Waals surface area (Å²) < 4.78 is 33.1. The lowest BCUT2D eigenvalue weighted by molar-refractivity contribution is 0.142. The maximum atomic E-state index is 12.7. The van der Waals surface area contributed by atoms with Crippen LogP contribution in [0.1, 0.15) is 13.8 Å². The van der Waals surface area contributed by atoms with E-state index in [4.69, 9.17) is 4.74 Å². The van der Waals surface area contributed by atoms with Crippen molar-refractivity contribution in [3.8, 4) is 0 Å². The fraction of sp³-hybridized carbons (Fsp3) is 0.500. The Morgan fingerprint density at radius 3 is 2.53 bits per heavy atom. The summed E-state index contributed by atoms with van der Waals surface area (Å²) in [4.78, 5) is 0.256. The van der Waals surface area contributed by atoms with E-state index in [2.05, 4.69) is 31.9 Å². The van der Waals surface area contributed by atoms with Gasteiger partial charge in [-0.15, -0.1) is 0 Å². The molecule has 0 aliphatic carbocycles. The van der Waals surface area contributed by atoms with Crippen LogP contribution < -0.4 is 0 Å². The van der Waals surface area contributed by atoms with Crippen LogP contribution in [0.25, 0.3) is 0 Å². The van der Waals surface area contributed by atoms with Crippen molar-refractivity contribution in [3.05, 3.63) is 27.1 Å². The third-order valence-corrected chi connectivity index (χ3v) is 6.27. The average Bonchev–Trinajstić information content (AvgIpc) is 2.33. The maximum absolute atomic E-state index is 12.7. The molecule has 0 bridgehead atoms. The van der Waals surface area contributed by atoms with E-state index in [1.807, 2.05) is 13.8 Å². The van der Waals surface area contributed by atoms with Crippen molar-refractivity contribution in [3.63, 3.8) is 0 Å². The van der Waals surface area contributed by atoms with Crippen molar-refractivity contribution in [2.45, 2.75) is 24.8 Å². The number of sulfonamides is 1. The highest BCUT2D eigenvalue weighted by Crippen LogP contribution is 2.29. The summed E-state index contributed by atoms with van der Waals surface area (Å²) >= 11 is 6.59. The van der Waals surface area contributed by atoms with Crippen LogP contribution in [-0.4, -0.2) is 39.0 Å². The predicted molar refractivity (Wildman–Crippen MR) is 82.7 cm³/mol. The van der Waals surface area contributed by atoms with E-state index in [1.165, 1.54) is 4.31 Å². The molecule has 1 rings (SSSR count). The number of hydrogen-bond acceptors (Lipinski definition) is 3. The molecule has 0 spiro atoms. The Hall–Kier alpha value is 0.0500. The number of rotatable bonds is 6. The highest BCUT2D eigenvalue weighted by molar-refractivity contribution is 9.11. The molecule has 0 amide bonds. The van der Waals surface area contributed by atoms with Gasteiger partial charge in [0.05, 0.1) is 11.5 Å². The molecule has 0 saturated carbocycles. The Morgan fingerprint density at radius 1 is 1.37 bits per heavy atom. The zero-order valence-electron chi connectivity index (χ0n) is 11.1. The van der Waals surface area contributed by atoms with Crippen molar-refractivity contribution in [1.82, 2.24) is 4.31 Å². The topological polar surface area (TPSA) is 46.6 Å². The fourth-order valence-electron chi connectivity index (χ4n) is 1.84. The van der Waals surface area contributed by atoms with Crippen LogP contribution >= 0.6 is 31.9 Å². The molecular formula is C12H17Br2NO3S. The van der Waals surface area contributed by atoms with Crippen LogP contribution in [0.15, 0.2) is 32.0 Å². The molecule has 19 heavy (non-hydrogen) atoms. The summed E-state index contributed by atoms with van der Waals surface area (Å²) in [5.41, 5.74) is 0. The van der Waals surface area contributed by atoms with E-state index < -0.39 is 10.0 Å². The molecule has 108 valence electrons. The van der Waals surface area contributed by atoms with Gasteiger partial charge >= 0.3 is 0 Å². The molecule has 0 radical (unpaired) electrons. The lowest BCUT2D eigenvalue weighted by Crippen LogP contribution is -2.40. The summed E-state index contributed by atoms with van der Waals surface area (Å²) in [5.74, 6) is 0. The summed E-state index contributed by atoms with van der Waals surface area (Å²) in [6.07, 6.45) is 0. The van der Waals surface area contributed by atoms with Crippen LogP contribution in [0.4, 0.5) is 0 Å². The number of benzene rings is 1. The second kappa shape index (κ2) is 7.17. The Labute approximate surface area is 131 Å². The van der Waals surface area contributed by atoms with Crippen molar-refractivity contribution in [2.24, 2.45) is 0 Å². The first kappa shape index (κ1) is 17.1. The normalized spacial score (nSPS) is 13.8. The van der Waals surface area contributed by atoms with Gasteiger partial charge in [-0.3, -0.25) is 0 Å². The third kappa shape index (κ3) is 4.01. The van der Waals surface area contributed by atoms with Crippen LogP contribution in [0.3, 0.4) is 0 Å². The van der Waals surface area contributed by atoms with Gasteiger partial charge < -0.3 is 4.74 Å². The molecular weight excluding hydrogens is 398 g/mol. The van der Waals surface area contributed by atoms with Gasteiger partial charge in [0.2, 0.25) is 10.0 Å². The molecule has 0 N–H and O–H groups in total. The summed E-state index contributed by atoms with van der Waals surface area (Å²) in [6.45, 7) is 4.40. The summed E-state index contributed by atoms with van der Waals surface area (Å²) in [5, 5.41) is 0. The lowest BCUT2D eigenvalue weighted by Gasteiger charge is -2.27. The number of nitrogens with zero attached hydrogens (tertiary/aromatic N) is 1. The monoisotopic (exact) mass is 413 g/mol. The lowest BCUT2D eigenvalue weighted by atomic mass is 10.3. The highest BCUT2D eigenvalue weighted by atomic mass is 79.9. The van der Waals surface area contributed by atoms with Gasteiger partial charge in [0.25, 0.3) is 0 Å². The van der Waals surface area contributed by atoms with E-state index in [9.17, 15) is 8.42 Å². The van der Waals surface area contributed by atoms with E-state index in [1.54, 1.807) is 25.3 Å². The van der Waals surface area contributed by atoms with Crippen molar-refractivity contribution < 1.29 is 13.2 Å². The Bertz CT molecular complexity index is 534. The van der Waals surface area contributed by atoms with Crippen LogP contribution in [0.2, 0.25) is 0 Å². The number of methoxy groups -OCH3 is 1. The van der Waals surface area contributed by atoms with Crippen LogP contribution in [-0.2, 0) is 14.8 Å². The van der Waals surface area contributed by atoms with E-state index in [0.29, 0.717) is 17.6 Å². The molecule has 1 aromatic rings. The molecule has 0 fully saturated rings. The molecule has 0 aliphatic heterocycles. The fourth-order valence-corrected chi connectivity index (χ4v) is 4.93. The second-order valence-electron chi connectivity index (χ2n) is 4.09. The van der Waals surface area contributed by atoms with Crippen molar-refractivity contribution >= 4 is 41.9 Å². The summed E-state index contributed by atoms with van der Waals surface area (Å²) in [6, 6.07) is 4.89. The van der Waals surface area contributed by atoms with Crippen molar-refractivity contribution in [1.29, 1.82) is 0 Å². The van der Waals surface area contributed by atoms with Crippen LogP contribution in [0.5, 0.6) is 0 Å². The van der Waals surface area contributed by atoms with E-state index in [0.717, 1.165) is 4.47 Å². The number of likely N-dealkylation sites (N-methyl/N-ethyl adjacent to an activating group) is 1. The molecule has 0 saturated heterocycles. The molecule has 4 nitrogen and oxygen atoms in total. The minimum absolute atomic E-state index is 0.217. The van der Waals surface area contributed by atoms with Gasteiger partial charge in [-0.05, 0) is 41.1 Å². The number of halogens is 2. The minimum Gasteiger partial charge on any atom is -0.383 e. The SMILES string of the molecule is CCN(C(C)COC)S(=O)(=O)c1cc(Br)ccc1Br.